The van der Waals surface area contributed by atoms with Gasteiger partial charge in [0.05, 0.1) is 17.9 Å². The van der Waals surface area contributed by atoms with Gasteiger partial charge in [-0.3, -0.25) is 4.79 Å². The molecular weight excluding hydrogens is 250 g/mol. The average molecular weight is 267 g/mol. The lowest BCUT2D eigenvalue weighted by molar-refractivity contribution is 0.0963. The fourth-order valence-corrected chi connectivity index (χ4v) is 2.99. The van der Waals surface area contributed by atoms with Crippen molar-refractivity contribution in [1.82, 2.24) is 9.66 Å². The Bertz CT molecular complexity index is 699. The zero-order chi connectivity index (χ0) is 13.9. The molecule has 4 heteroatoms. The van der Waals surface area contributed by atoms with Gasteiger partial charge >= 0.3 is 0 Å². The quantitative estimate of drug-likeness (QED) is 0.839. The molecule has 0 N–H and O–H groups in total. The van der Waals surface area contributed by atoms with E-state index in [1.807, 2.05) is 23.0 Å². The molecule has 0 bridgehead atoms. The van der Waals surface area contributed by atoms with Crippen molar-refractivity contribution < 1.29 is 4.79 Å². The maximum Gasteiger partial charge on any atom is 0.273 e. The lowest BCUT2D eigenvalue weighted by Crippen LogP contribution is -2.36. The summed E-state index contributed by atoms with van der Waals surface area (Å²) in [5.74, 6) is 0.668. The number of aryl methyl sites for hydroxylation is 1. The number of nitrogens with zero attached hydrogens (tertiary/aromatic N) is 3. The Hall–Kier alpha value is -2.10. The van der Waals surface area contributed by atoms with Crippen molar-refractivity contribution in [2.75, 3.05) is 5.01 Å². The van der Waals surface area contributed by atoms with E-state index in [4.69, 9.17) is 0 Å². The standard InChI is InChI=1S/C16H17N3O/c1-10-3-6-13-14(7-10)11(2)19(16(13)20)18-8-15(17-9-18)12-4-5-12/h3,6-9,11-12H,4-5H2,1-2H3. The molecule has 1 fully saturated rings. The molecule has 0 saturated heterocycles. The van der Waals surface area contributed by atoms with E-state index in [0.717, 1.165) is 16.8 Å². The van der Waals surface area contributed by atoms with Gasteiger partial charge in [-0.15, -0.1) is 0 Å². The van der Waals surface area contributed by atoms with Gasteiger partial charge in [-0.2, -0.15) is 0 Å². The third kappa shape index (κ3) is 1.60. The number of amides is 1. The molecule has 1 atom stereocenters. The Morgan fingerprint density at radius 3 is 2.85 bits per heavy atom. The third-order valence-electron chi connectivity index (χ3n) is 4.30. The van der Waals surface area contributed by atoms with E-state index in [9.17, 15) is 4.79 Å². The van der Waals surface area contributed by atoms with Gasteiger partial charge in [-0.25, -0.2) is 14.7 Å². The van der Waals surface area contributed by atoms with Crippen LogP contribution < -0.4 is 5.01 Å². The van der Waals surface area contributed by atoms with E-state index in [1.165, 1.54) is 18.4 Å². The molecule has 4 nitrogen and oxygen atoms in total. The van der Waals surface area contributed by atoms with Gasteiger partial charge in [0.1, 0.15) is 6.33 Å². The Morgan fingerprint density at radius 2 is 2.10 bits per heavy atom. The van der Waals surface area contributed by atoms with E-state index in [1.54, 1.807) is 11.3 Å². The molecule has 4 rings (SSSR count). The summed E-state index contributed by atoms with van der Waals surface area (Å²) in [6, 6.07) is 6.09. The highest BCUT2D eigenvalue weighted by Gasteiger charge is 2.36. The number of carbonyl (C=O) groups is 1. The summed E-state index contributed by atoms with van der Waals surface area (Å²) >= 11 is 0. The first-order chi connectivity index (χ1) is 9.65. The number of hydrogen-bond acceptors (Lipinski definition) is 2. The van der Waals surface area contributed by atoms with Crippen LogP contribution in [0.5, 0.6) is 0 Å². The Morgan fingerprint density at radius 1 is 1.30 bits per heavy atom. The Labute approximate surface area is 118 Å². The maximum atomic E-state index is 12.6. The number of imidazole rings is 1. The summed E-state index contributed by atoms with van der Waals surface area (Å²) in [5, 5.41) is 1.79. The topological polar surface area (TPSA) is 38.1 Å². The molecule has 1 aliphatic heterocycles. The molecule has 1 saturated carbocycles. The molecule has 0 spiro atoms. The fraction of sp³-hybridized carbons (Fsp3) is 0.375. The van der Waals surface area contributed by atoms with Gasteiger partial charge < -0.3 is 0 Å². The van der Waals surface area contributed by atoms with Crippen molar-refractivity contribution in [1.29, 1.82) is 0 Å². The number of carbonyl (C=O) groups excluding carboxylic acids is 1. The Kier molecular flexibility index (Phi) is 2.31. The minimum absolute atomic E-state index is 0.0543. The van der Waals surface area contributed by atoms with Crippen LogP contribution in [0.1, 0.15) is 58.9 Å². The van der Waals surface area contributed by atoms with Crippen molar-refractivity contribution in [3.63, 3.8) is 0 Å². The first kappa shape index (κ1) is 11.7. The van der Waals surface area contributed by atoms with E-state index in [2.05, 4.69) is 24.9 Å². The van der Waals surface area contributed by atoms with Gasteiger partial charge in [0.2, 0.25) is 0 Å². The minimum atomic E-state index is 0.0543. The summed E-state index contributed by atoms with van der Waals surface area (Å²) in [4.78, 5) is 17.0. The second-order valence-corrected chi connectivity index (χ2v) is 5.87. The number of rotatable bonds is 2. The number of fused-ring (bicyclic) bond motifs is 1. The molecule has 0 radical (unpaired) electrons. The summed E-state index contributed by atoms with van der Waals surface area (Å²) in [5.41, 5.74) is 4.22. The average Bonchev–Trinajstić information content (AvgIpc) is 3.12. The molecule has 1 aromatic heterocycles. The summed E-state index contributed by atoms with van der Waals surface area (Å²) in [6.45, 7) is 4.13. The predicted octanol–water partition coefficient (Wildman–Crippen LogP) is 2.92. The Balaban J connectivity index is 1.74. The van der Waals surface area contributed by atoms with Crippen LogP contribution in [-0.4, -0.2) is 15.6 Å². The maximum absolute atomic E-state index is 12.6. The summed E-state index contributed by atoms with van der Waals surface area (Å²) in [7, 11) is 0. The minimum Gasteiger partial charge on any atom is -0.267 e. The molecule has 1 aliphatic carbocycles. The van der Waals surface area contributed by atoms with Gasteiger partial charge in [0.25, 0.3) is 5.91 Å². The van der Waals surface area contributed by atoms with E-state index < -0.39 is 0 Å². The van der Waals surface area contributed by atoms with Crippen LogP contribution in [-0.2, 0) is 0 Å². The lowest BCUT2D eigenvalue weighted by Gasteiger charge is -2.22. The molecule has 1 aromatic carbocycles. The van der Waals surface area contributed by atoms with Crippen molar-refractivity contribution >= 4 is 5.91 Å². The largest absolute Gasteiger partial charge is 0.273 e. The van der Waals surface area contributed by atoms with E-state index in [-0.39, 0.29) is 11.9 Å². The van der Waals surface area contributed by atoms with Crippen molar-refractivity contribution in [2.24, 2.45) is 0 Å². The van der Waals surface area contributed by atoms with Crippen LogP contribution in [0.3, 0.4) is 0 Å². The van der Waals surface area contributed by atoms with Crippen molar-refractivity contribution in [2.45, 2.75) is 38.6 Å². The summed E-state index contributed by atoms with van der Waals surface area (Å²) in [6.07, 6.45) is 6.21. The third-order valence-corrected chi connectivity index (χ3v) is 4.30. The fourth-order valence-electron chi connectivity index (χ4n) is 2.99. The van der Waals surface area contributed by atoms with Gasteiger partial charge in [-0.05, 0) is 38.3 Å². The highest BCUT2D eigenvalue weighted by Crippen LogP contribution is 2.39. The number of hydrogen-bond donors (Lipinski definition) is 0. The molecular formula is C16H17N3O. The van der Waals surface area contributed by atoms with Crippen LogP contribution >= 0.6 is 0 Å². The van der Waals surface area contributed by atoms with Gasteiger partial charge in [-0.1, -0.05) is 17.7 Å². The molecule has 1 amide bonds. The predicted molar refractivity (Wildman–Crippen MR) is 76.3 cm³/mol. The van der Waals surface area contributed by atoms with Gasteiger partial charge in [0, 0.05) is 11.5 Å². The second-order valence-electron chi connectivity index (χ2n) is 5.87. The SMILES string of the molecule is Cc1ccc2c(c1)C(C)N(n1cnc(C3CC3)c1)C2=O. The molecule has 2 aromatic rings. The highest BCUT2D eigenvalue weighted by atomic mass is 16.2. The van der Waals surface area contributed by atoms with Crippen molar-refractivity contribution in [3.05, 3.63) is 53.1 Å². The van der Waals surface area contributed by atoms with Crippen LogP contribution in [0.4, 0.5) is 0 Å². The molecule has 20 heavy (non-hydrogen) atoms. The van der Waals surface area contributed by atoms with Crippen molar-refractivity contribution in [3.8, 4) is 0 Å². The van der Waals surface area contributed by atoms with E-state index >= 15 is 0 Å². The normalized spacial score (nSPS) is 21.4. The number of aromatic nitrogens is 2. The first-order valence-corrected chi connectivity index (χ1v) is 7.13. The van der Waals surface area contributed by atoms with Crippen LogP contribution in [0, 0.1) is 6.92 Å². The monoisotopic (exact) mass is 267 g/mol. The molecule has 1 unspecified atom stereocenters. The highest BCUT2D eigenvalue weighted by molar-refractivity contribution is 6.06. The summed E-state index contributed by atoms with van der Waals surface area (Å²) < 4.78 is 1.86. The first-order valence-electron chi connectivity index (χ1n) is 7.13. The zero-order valence-electron chi connectivity index (χ0n) is 11.7. The zero-order valence-corrected chi connectivity index (χ0v) is 11.7. The molecule has 102 valence electrons. The van der Waals surface area contributed by atoms with Crippen LogP contribution in [0.15, 0.2) is 30.7 Å². The van der Waals surface area contributed by atoms with Gasteiger partial charge in [0.15, 0.2) is 0 Å². The number of benzene rings is 1. The smallest absolute Gasteiger partial charge is 0.267 e. The van der Waals surface area contributed by atoms with Crippen LogP contribution in [0.25, 0.3) is 0 Å². The second kappa shape index (κ2) is 3.95. The van der Waals surface area contributed by atoms with E-state index in [0.29, 0.717) is 5.92 Å². The lowest BCUT2D eigenvalue weighted by atomic mass is 10.0. The molecule has 2 heterocycles. The van der Waals surface area contributed by atoms with Crippen LogP contribution in [0.2, 0.25) is 0 Å². The molecule has 2 aliphatic rings.